The molecule has 10 nitrogen and oxygen atoms in total. The number of rotatable bonds is 6. The lowest BCUT2D eigenvalue weighted by Gasteiger charge is -2.18. The maximum Gasteiger partial charge on any atom is 0.412 e. The standard InChI is InChI=1S/C24H25N3O7/c1-13(28)15-6-8-17(9-7-15)25-23(30)27-19-11-32-22-20(12-33-21(19)22)34-24(31)26-18-5-3-4-16(10-18)14(2)29/h3-10,19-22H,11-12H2,1-2H3,(H,26,31)(H2,25,27,30). The van der Waals surface area contributed by atoms with Gasteiger partial charge in [0.2, 0.25) is 0 Å². The number of hydrogen-bond donors (Lipinski definition) is 3. The predicted molar refractivity (Wildman–Crippen MR) is 122 cm³/mol. The molecule has 0 saturated carbocycles. The van der Waals surface area contributed by atoms with Crippen LogP contribution in [0.3, 0.4) is 0 Å². The van der Waals surface area contributed by atoms with Crippen LogP contribution in [0.4, 0.5) is 21.0 Å². The first-order valence-corrected chi connectivity index (χ1v) is 10.8. The minimum Gasteiger partial charge on any atom is -0.441 e. The van der Waals surface area contributed by atoms with Crippen LogP contribution >= 0.6 is 0 Å². The van der Waals surface area contributed by atoms with E-state index in [1.807, 2.05) is 0 Å². The van der Waals surface area contributed by atoms with Crippen LogP contribution in [0.15, 0.2) is 48.5 Å². The second kappa shape index (κ2) is 10.0. The number of ether oxygens (including phenoxy) is 3. The average molecular weight is 467 g/mol. The molecule has 2 aromatic rings. The number of amides is 3. The van der Waals surface area contributed by atoms with E-state index in [1.54, 1.807) is 48.5 Å². The summed E-state index contributed by atoms with van der Waals surface area (Å²) in [7, 11) is 0. The third-order valence-corrected chi connectivity index (χ3v) is 5.65. The summed E-state index contributed by atoms with van der Waals surface area (Å²) in [6.45, 7) is 3.25. The summed E-state index contributed by atoms with van der Waals surface area (Å²) < 4.78 is 17.0. The van der Waals surface area contributed by atoms with E-state index < -0.39 is 36.5 Å². The molecule has 2 saturated heterocycles. The summed E-state index contributed by atoms with van der Waals surface area (Å²) in [4.78, 5) is 47.6. The largest absolute Gasteiger partial charge is 0.441 e. The number of ketones is 2. The number of carbonyl (C=O) groups excluding carboxylic acids is 4. The van der Waals surface area contributed by atoms with Crippen molar-refractivity contribution in [3.63, 3.8) is 0 Å². The van der Waals surface area contributed by atoms with Crippen LogP contribution in [0.1, 0.15) is 34.6 Å². The van der Waals surface area contributed by atoms with Crippen molar-refractivity contribution >= 4 is 35.1 Å². The number of nitrogens with one attached hydrogen (secondary N) is 3. The fraction of sp³-hybridized carbons (Fsp3) is 0.333. The molecule has 2 heterocycles. The van der Waals surface area contributed by atoms with Crippen molar-refractivity contribution in [2.45, 2.75) is 38.2 Å². The highest BCUT2D eigenvalue weighted by Crippen LogP contribution is 2.29. The molecule has 0 aromatic heterocycles. The van der Waals surface area contributed by atoms with E-state index in [4.69, 9.17) is 14.2 Å². The quantitative estimate of drug-likeness (QED) is 0.557. The first-order valence-electron chi connectivity index (χ1n) is 10.8. The van der Waals surface area contributed by atoms with E-state index in [-0.39, 0.29) is 24.8 Å². The topological polar surface area (TPSA) is 132 Å². The molecule has 2 fully saturated rings. The molecule has 4 rings (SSSR count). The Hall–Kier alpha value is -3.76. The van der Waals surface area contributed by atoms with Crippen LogP contribution in [0.25, 0.3) is 0 Å². The van der Waals surface area contributed by atoms with Crippen LogP contribution in [0.5, 0.6) is 0 Å². The summed E-state index contributed by atoms with van der Waals surface area (Å²) in [6.07, 6.45) is -2.32. The summed E-state index contributed by atoms with van der Waals surface area (Å²) >= 11 is 0. The molecule has 3 amide bonds. The van der Waals surface area contributed by atoms with Gasteiger partial charge in [-0.05, 0) is 50.2 Å². The second-order valence-corrected chi connectivity index (χ2v) is 8.14. The van der Waals surface area contributed by atoms with Gasteiger partial charge in [0.05, 0.1) is 19.3 Å². The van der Waals surface area contributed by atoms with Gasteiger partial charge < -0.3 is 24.8 Å². The molecule has 0 spiro atoms. The lowest BCUT2D eigenvalue weighted by Crippen LogP contribution is -2.46. The van der Waals surface area contributed by atoms with Crippen molar-refractivity contribution in [2.75, 3.05) is 23.8 Å². The first kappa shape index (κ1) is 23.4. The van der Waals surface area contributed by atoms with Crippen molar-refractivity contribution in [2.24, 2.45) is 0 Å². The third kappa shape index (κ3) is 5.41. The van der Waals surface area contributed by atoms with E-state index in [9.17, 15) is 19.2 Å². The monoisotopic (exact) mass is 467 g/mol. The Balaban J connectivity index is 1.28. The third-order valence-electron chi connectivity index (χ3n) is 5.65. The highest BCUT2D eigenvalue weighted by molar-refractivity contribution is 5.96. The molecular formula is C24H25N3O7. The highest BCUT2D eigenvalue weighted by atomic mass is 16.6. The molecule has 2 aliphatic heterocycles. The zero-order valence-corrected chi connectivity index (χ0v) is 18.7. The van der Waals surface area contributed by atoms with E-state index >= 15 is 0 Å². The van der Waals surface area contributed by atoms with Crippen molar-refractivity contribution in [1.29, 1.82) is 0 Å². The van der Waals surface area contributed by atoms with Crippen LogP contribution in [0, 0.1) is 0 Å². The normalized spacial score (nSPS) is 23.0. The Morgan fingerprint density at radius 3 is 2.24 bits per heavy atom. The predicted octanol–water partition coefficient (Wildman–Crippen LogP) is 3.00. The Kier molecular flexibility index (Phi) is 6.90. The number of fused-ring (bicyclic) bond motifs is 1. The number of carbonyl (C=O) groups is 4. The van der Waals surface area contributed by atoms with Crippen LogP contribution in [-0.2, 0) is 14.2 Å². The number of urea groups is 1. The smallest absolute Gasteiger partial charge is 0.412 e. The maximum absolute atomic E-state index is 12.4. The van der Waals surface area contributed by atoms with Crippen molar-refractivity contribution < 1.29 is 33.4 Å². The van der Waals surface area contributed by atoms with E-state index in [2.05, 4.69) is 16.0 Å². The molecule has 34 heavy (non-hydrogen) atoms. The number of hydrogen-bond acceptors (Lipinski definition) is 7. The lowest BCUT2D eigenvalue weighted by molar-refractivity contribution is 0.00873. The Labute approximate surface area is 195 Å². The van der Waals surface area contributed by atoms with Crippen LogP contribution in [0.2, 0.25) is 0 Å². The van der Waals surface area contributed by atoms with Gasteiger partial charge in [0.1, 0.15) is 12.2 Å². The van der Waals surface area contributed by atoms with Gasteiger partial charge in [-0.2, -0.15) is 0 Å². The SMILES string of the molecule is CC(=O)c1ccc(NC(=O)NC2COC3C(OC(=O)Nc4cccc(C(C)=O)c4)COC23)cc1. The van der Waals surface area contributed by atoms with Gasteiger partial charge in [0.15, 0.2) is 17.7 Å². The number of anilines is 2. The fourth-order valence-electron chi connectivity index (χ4n) is 3.91. The minimum absolute atomic E-state index is 0.0569. The molecule has 4 atom stereocenters. The molecule has 10 heteroatoms. The zero-order valence-electron chi connectivity index (χ0n) is 18.7. The molecule has 2 aliphatic rings. The summed E-state index contributed by atoms with van der Waals surface area (Å²) in [5.74, 6) is -0.169. The summed E-state index contributed by atoms with van der Waals surface area (Å²) in [5, 5.41) is 8.12. The second-order valence-electron chi connectivity index (χ2n) is 8.14. The van der Waals surface area contributed by atoms with E-state index in [1.165, 1.54) is 13.8 Å². The van der Waals surface area contributed by atoms with Gasteiger partial charge in [-0.15, -0.1) is 0 Å². The van der Waals surface area contributed by atoms with Gasteiger partial charge in [0, 0.05) is 22.5 Å². The number of Topliss-reactive ketones (excluding diaryl/α,β-unsaturated/α-hetero) is 2. The summed E-state index contributed by atoms with van der Waals surface area (Å²) in [6, 6.07) is 12.2. The fourth-order valence-corrected chi connectivity index (χ4v) is 3.91. The zero-order chi connectivity index (χ0) is 24.2. The van der Waals surface area contributed by atoms with Gasteiger partial charge in [0.25, 0.3) is 0 Å². The van der Waals surface area contributed by atoms with Crippen LogP contribution < -0.4 is 16.0 Å². The maximum atomic E-state index is 12.4. The average Bonchev–Trinajstić information content (AvgIpc) is 3.37. The molecule has 0 aliphatic carbocycles. The van der Waals surface area contributed by atoms with Crippen molar-refractivity contribution in [3.05, 3.63) is 59.7 Å². The molecule has 4 unspecified atom stereocenters. The van der Waals surface area contributed by atoms with Crippen molar-refractivity contribution in [1.82, 2.24) is 5.32 Å². The van der Waals surface area contributed by atoms with Gasteiger partial charge in [-0.1, -0.05) is 12.1 Å². The molecule has 0 radical (unpaired) electrons. The van der Waals surface area contributed by atoms with E-state index in [0.29, 0.717) is 22.5 Å². The Bertz CT molecular complexity index is 1100. The van der Waals surface area contributed by atoms with Crippen LogP contribution in [-0.4, -0.2) is 61.3 Å². The van der Waals surface area contributed by atoms with Gasteiger partial charge in [-0.3, -0.25) is 14.9 Å². The van der Waals surface area contributed by atoms with Gasteiger partial charge in [-0.25, -0.2) is 9.59 Å². The molecule has 0 bridgehead atoms. The Morgan fingerprint density at radius 1 is 0.824 bits per heavy atom. The van der Waals surface area contributed by atoms with Gasteiger partial charge >= 0.3 is 12.1 Å². The Morgan fingerprint density at radius 2 is 1.53 bits per heavy atom. The lowest BCUT2D eigenvalue weighted by atomic mass is 10.1. The van der Waals surface area contributed by atoms with Crippen molar-refractivity contribution in [3.8, 4) is 0 Å². The van der Waals surface area contributed by atoms with E-state index in [0.717, 1.165) is 0 Å². The number of benzene rings is 2. The molecule has 178 valence electrons. The first-order chi connectivity index (χ1) is 16.3. The summed E-state index contributed by atoms with van der Waals surface area (Å²) in [5.41, 5.74) is 2.01. The molecule has 3 N–H and O–H groups in total. The minimum atomic E-state index is -0.693. The molecular weight excluding hydrogens is 442 g/mol. The highest BCUT2D eigenvalue weighted by Gasteiger charge is 2.50. The molecule has 2 aromatic carbocycles.